The summed E-state index contributed by atoms with van der Waals surface area (Å²) in [4.78, 5) is 24.7. The number of nitrogens with zero attached hydrogens (tertiary/aromatic N) is 1. The highest BCUT2D eigenvalue weighted by Crippen LogP contribution is 2.27. The smallest absolute Gasteiger partial charge is 0.273 e. The zero-order chi connectivity index (χ0) is 20.1. The van der Waals surface area contributed by atoms with Crippen LogP contribution < -0.4 is 10.6 Å². The number of anilines is 1. The lowest BCUT2D eigenvalue weighted by atomic mass is 9.85. The van der Waals surface area contributed by atoms with Crippen molar-refractivity contribution in [1.82, 2.24) is 10.5 Å². The quantitative estimate of drug-likeness (QED) is 0.683. The molecule has 4 rings (SSSR count). The maximum Gasteiger partial charge on any atom is 0.273 e. The van der Waals surface area contributed by atoms with E-state index >= 15 is 0 Å². The van der Waals surface area contributed by atoms with Gasteiger partial charge in [-0.2, -0.15) is 0 Å². The van der Waals surface area contributed by atoms with Gasteiger partial charge in [-0.25, -0.2) is 0 Å². The zero-order valence-corrected chi connectivity index (χ0v) is 16.0. The largest absolute Gasteiger partial charge is 0.364 e. The van der Waals surface area contributed by atoms with E-state index in [9.17, 15) is 9.59 Å². The maximum absolute atomic E-state index is 12.6. The molecule has 2 N–H and O–H groups in total. The Morgan fingerprint density at radius 2 is 1.55 bits per heavy atom. The highest BCUT2D eigenvalue weighted by atomic mass is 16.5. The number of nitrogens with one attached hydrogen (secondary N) is 2. The molecule has 148 valence electrons. The van der Waals surface area contributed by atoms with Gasteiger partial charge in [-0.1, -0.05) is 47.6 Å². The van der Waals surface area contributed by atoms with Crippen LogP contribution in [0.5, 0.6) is 0 Å². The van der Waals surface area contributed by atoms with Crippen molar-refractivity contribution < 1.29 is 14.1 Å². The van der Waals surface area contributed by atoms with Crippen LogP contribution >= 0.6 is 0 Å². The zero-order valence-electron chi connectivity index (χ0n) is 16.0. The number of aromatic nitrogens is 1. The second-order valence-corrected chi connectivity index (χ2v) is 7.34. The van der Waals surface area contributed by atoms with E-state index in [1.54, 1.807) is 0 Å². The standard InChI is InChI=1S/C23H23N3O3/c27-22(24-19-10-6-17(7-11-19)16-4-2-1-3-5-16)18-8-12-20(13-9-18)25-23(28)21-14-15-29-26-21/h1-7,10-11,14-15,18,20H,8-9,12-13H2,(H,24,27)(H,25,28)/t18-,20+. The Kier molecular flexibility index (Phi) is 5.70. The molecule has 2 amide bonds. The Bertz CT molecular complexity index is 945. The number of carbonyl (C=O) groups excluding carboxylic acids is 2. The van der Waals surface area contributed by atoms with Crippen LogP contribution in [-0.2, 0) is 4.79 Å². The van der Waals surface area contributed by atoms with Gasteiger partial charge in [0.1, 0.15) is 6.26 Å². The summed E-state index contributed by atoms with van der Waals surface area (Å²) >= 11 is 0. The molecule has 1 fully saturated rings. The number of hydrogen-bond acceptors (Lipinski definition) is 4. The summed E-state index contributed by atoms with van der Waals surface area (Å²) in [7, 11) is 0. The Hall–Kier alpha value is -3.41. The third kappa shape index (κ3) is 4.71. The normalized spacial score (nSPS) is 18.8. The van der Waals surface area contributed by atoms with E-state index in [0.29, 0.717) is 0 Å². The molecule has 29 heavy (non-hydrogen) atoms. The molecule has 1 aromatic heterocycles. The molecular formula is C23H23N3O3. The summed E-state index contributed by atoms with van der Waals surface area (Å²) in [5, 5.41) is 9.62. The monoisotopic (exact) mass is 389 g/mol. The number of hydrogen-bond donors (Lipinski definition) is 2. The van der Waals surface area contributed by atoms with Crippen molar-refractivity contribution in [2.24, 2.45) is 5.92 Å². The van der Waals surface area contributed by atoms with Crippen LogP contribution in [0.1, 0.15) is 36.2 Å². The van der Waals surface area contributed by atoms with Gasteiger partial charge in [0, 0.05) is 23.7 Å². The minimum Gasteiger partial charge on any atom is -0.364 e. The molecule has 1 aliphatic rings. The second-order valence-electron chi connectivity index (χ2n) is 7.34. The van der Waals surface area contributed by atoms with Gasteiger partial charge in [0.05, 0.1) is 0 Å². The lowest BCUT2D eigenvalue weighted by Gasteiger charge is -2.28. The first-order chi connectivity index (χ1) is 14.2. The summed E-state index contributed by atoms with van der Waals surface area (Å²) in [6.45, 7) is 0. The molecule has 0 spiro atoms. The lowest BCUT2D eigenvalue weighted by Crippen LogP contribution is -2.39. The van der Waals surface area contributed by atoms with Gasteiger partial charge in [0.25, 0.3) is 5.91 Å². The molecule has 0 aliphatic heterocycles. The number of rotatable bonds is 5. The molecule has 3 aromatic rings. The average Bonchev–Trinajstić information content (AvgIpc) is 3.31. The van der Waals surface area contributed by atoms with E-state index < -0.39 is 0 Å². The summed E-state index contributed by atoms with van der Waals surface area (Å²) in [6.07, 6.45) is 4.42. The third-order valence-electron chi connectivity index (χ3n) is 5.36. The van der Waals surface area contributed by atoms with Gasteiger partial charge < -0.3 is 15.2 Å². The van der Waals surface area contributed by atoms with Crippen molar-refractivity contribution >= 4 is 17.5 Å². The van der Waals surface area contributed by atoms with Crippen LogP contribution in [0.25, 0.3) is 11.1 Å². The Balaban J connectivity index is 1.27. The van der Waals surface area contributed by atoms with Gasteiger partial charge in [0.2, 0.25) is 5.91 Å². The van der Waals surface area contributed by atoms with Gasteiger partial charge in [-0.15, -0.1) is 0 Å². The molecule has 0 atom stereocenters. The third-order valence-corrected chi connectivity index (χ3v) is 5.36. The topological polar surface area (TPSA) is 84.2 Å². The Morgan fingerprint density at radius 1 is 0.862 bits per heavy atom. The number of benzene rings is 2. The molecule has 6 heteroatoms. The molecule has 0 radical (unpaired) electrons. The lowest BCUT2D eigenvalue weighted by molar-refractivity contribution is -0.120. The maximum atomic E-state index is 12.6. The molecule has 1 aliphatic carbocycles. The van der Waals surface area contributed by atoms with E-state index in [4.69, 9.17) is 4.52 Å². The molecule has 1 saturated carbocycles. The van der Waals surface area contributed by atoms with Crippen molar-refractivity contribution in [2.75, 3.05) is 5.32 Å². The minimum atomic E-state index is -0.231. The summed E-state index contributed by atoms with van der Waals surface area (Å²) in [5.74, 6) is -0.229. The molecule has 6 nitrogen and oxygen atoms in total. The molecule has 0 bridgehead atoms. The molecule has 1 heterocycles. The van der Waals surface area contributed by atoms with Gasteiger partial charge in [-0.3, -0.25) is 9.59 Å². The van der Waals surface area contributed by atoms with E-state index in [1.807, 2.05) is 42.5 Å². The first kappa shape index (κ1) is 18.9. The van der Waals surface area contributed by atoms with E-state index in [-0.39, 0.29) is 29.5 Å². The van der Waals surface area contributed by atoms with Crippen LogP contribution in [0.2, 0.25) is 0 Å². The first-order valence-corrected chi connectivity index (χ1v) is 9.86. The van der Waals surface area contributed by atoms with Gasteiger partial charge in [-0.05, 0) is 48.9 Å². The SMILES string of the molecule is O=C(N[C@H]1CC[C@@H](C(=O)Nc2ccc(-c3ccccc3)cc2)CC1)c1ccon1. The highest BCUT2D eigenvalue weighted by molar-refractivity contribution is 5.93. The van der Waals surface area contributed by atoms with E-state index in [2.05, 4.69) is 27.9 Å². The number of carbonyl (C=O) groups is 2. The van der Waals surface area contributed by atoms with E-state index in [1.165, 1.54) is 12.3 Å². The van der Waals surface area contributed by atoms with Crippen molar-refractivity contribution in [3.63, 3.8) is 0 Å². The first-order valence-electron chi connectivity index (χ1n) is 9.86. The van der Waals surface area contributed by atoms with Crippen LogP contribution in [0.4, 0.5) is 5.69 Å². The minimum absolute atomic E-state index is 0.0380. The van der Waals surface area contributed by atoms with Crippen LogP contribution in [0.15, 0.2) is 71.4 Å². The Labute approximate surface area is 169 Å². The molecule has 0 unspecified atom stereocenters. The fourth-order valence-electron chi connectivity index (χ4n) is 3.71. The van der Waals surface area contributed by atoms with Crippen LogP contribution in [-0.4, -0.2) is 23.0 Å². The Morgan fingerprint density at radius 3 is 2.21 bits per heavy atom. The van der Waals surface area contributed by atoms with Crippen molar-refractivity contribution in [3.05, 3.63) is 72.6 Å². The molecule has 0 saturated heterocycles. The summed E-state index contributed by atoms with van der Waals surface area (Å²) in [5.41, 5.74) is 3.35. The van der Waals surface area contributed by atoms with Crippen molar-refractivity contribution in [3.8, 4) is 11.1 Å². The van der Waals surface area contributed by atoms with E-state index in [0.717, 1.165) is 42.5 Å². The van der Waals surface area contributed by atoms with Gasteiger partial charge >= 0.3 is 0 Å². The fraction of sp³-hybridized carbons (Fsp3) is 0.261. The second kappa shape index (κ2) is 8.73. The predicted molar refractivity (Wildman–Crippen MR) is 110 cm³/mol. The molecular weight excluding hydrogens is 366 g/mol. The summed E-state index contributed by atoms with van der Waals surface area (Å²) < 4.78 is 4.70. The average molecular weight is 389 g/mol. The predicted octanol–water partition coefficient (Wildman–Crippen LogP) is 4.27. The summed E-state index contributed by atoms with van der Waals surface area (Å²) in [6, 6.07) is 19.6. The van der Waals surface area contributed by atoms with Crippen LogP contribution in [0, 0.1) is 5.92 Å². The molecule has 2 aromatic carbocycles. The highest BCUT2D eigenvalue weighted by Gasteiger charge is 2.27. The van der Waals surface area contributed by atoms with Crippen molar-refractivity contribution in [1.29, 1.82) is 0 Å². The van der Waals surface area contributed by atoms with Crippen molar-refractivity contribution in [2.45, 2.75) is 31.7 Å². The van der Waals surface area contributed by atoms with Crippen LogP contribution in [0.3, 0.4) is 0 Å². The fourth-order valence-corrected chi connectivity index (χ4v) is 3.71. The van der Waals surface area contributed by atoms with Gasteiger partial charge in [0.15, 0.2) is 5.69 Å². The number of amides is 2.